The standard InChI is InChI=1S/C11H17N3O2S/c1-3-17-7-8(2)13-11-5-4-9(14(15)16)6-10(11)12/h4-6,8,13H,3,7,12H2,1-2H3. The van der Waals surface area contributed by atoms with Gasteiger partial charge in [-0.2, -0.15) is 11.8 Å². The molecule has 0 bridgehead atoms. The van der Waals surface area contributed by atoms with Gasteiger partial charge in [0.2, 0.25) is 0 Å². The molecule has 94 valence electrons. The zero-order chi connectivity index (χ0) is 12.8. The minimum absolute atomic E-state index is 0.0173. The van der Waals surface area contributed by atoms with E-state index in [1.54, 1.807) is 6.07 Å². The second-order valence-electron chi connectivity index (χ2n) is 3.73. The lowest BCUT2D eigenvalue weighted by molar-refractivity contribution is -0.384. The molecule has 0 aliphatic rings. The lowest BCUT2D eigenvalue weighted by Gasteiger charge is -2.15. The Morgan fingerprint density at radius 3 is 2.82 bits per heavy atom. The van der Waals surface area contributed by atoms with Gasteiger partial charge >= 0.3 is 0 Å². The summed E-state index contributed by atoms with van der Waals surface area (Å²) in [6.07, 6.45) is 0. The number of benzene rings is 1. The summed E-state index contributed by atoms with van der Waals surface area (Å²) in [6.45, 7) is 4.17. The van der Waals surface area contributed by atoms with Crippen LogP contribution in [0.1, 0.15) is 13.8 Å². The Kier molecular flexibility index (Phi) is 5.09. The lowest BCUT2D eigenvalue weighted by Crippen LogP contribution is -2.18. The van der Waals surface area contributed by atoms with Gasteiger partial charge in [0.25, 0.3) is 5.69 Å². The first-order valence-electron chi connectivity index (χ1n) is 5.42. The maximum Gasteiger partial charge on any atom is 0.271 e. The van der Waals surface area contributed by atoms with Crippen LogP contribution in [-0.2, 0) is 0 Å². The monoisotopic (exact) mass is 255 g/mol. The SMILES string of the molecule is CCSCC(C)Nc1ccc([N+](=O)[O-])cc1N. The number of non-ortho nitro benzene ring substituents is 1. The highest BCUT2D eigenvalue weighted by molar-refractivity contribution is 7.99. The highest BCUT2D eigenvalue weighted by Crippen LogP contribution is 2.25. The number of thioether (sulfide) groups is 1. The van der Waals surface area contributed by atoms with Crippen molar-refractivity contribution in [3.63, 3.8) is 0 Å². The lowest BCUT2D eigenvalue weighted by atomic mass is 10.2. The van der Waals surface area contributed by atoms with E-state index in [9.17, 15) is 10.1 Å². The highest BCUT2D eigenvalue weighted by atomic mass is 32.2. The Morgan fingerprint density at radius 2 is 2.29 bits per heavy atom. The van der Waals surface area contributed by atoms with E-state index in [2.05, 4.69) is 19.2 Å². The summed E-state index contributed by atoms with van der Waals surface area (Å²) in [5.74, 6) is 2.05. The van der Waals surface area contributed by atoms with Gasteiger partial charge in [-0.1, -0.05) is 6.92 Å². The molecule has 0 saturated heterocycles. The fourth-order valence-electron chi connectivity index (χ4n) is 1.40. The molecule has 0 aliphatic carbocycles. The summed E-state index contributed by atoms with van der Waals surface area (Å²) in [7, 11) is 0. The van der Waals surface area contributed by atoms with Crippen LogP contribution in [0.15, 0.2) is 18.2 Å². The zero-order valence-corrected chi connectivity index (χ0v) is 10.8. The second-order valence-corrected chi connectivity index (χ2v) is 5.05. The van der Waals surface area contributed by atoms with E-state index in [1.165, 1.54) is 12.1 Å². The predicted molar refractivity (Wildman–Crippen MR) is 73.6 cm³/mol. The van der Waals surface area contributed by atoms with Crippen LogP contribution < -0.4 is 11.1 Å². The third-order valence-corrected chi connectivity index (χ3v) is 3.36. The molecule has 0 aromatic heterocycles. The van der Waals surface area contributed by atoms with Crippen molar-refractivity contribution in [2.24, 2.45) is 0 Å². The fraction of sp³-hybridized carbons (Fsp3) is 0.455. The van der Waals surface area contributed by atoms with Gasteiger partial charge in [-0.15, -0.1) is 0 Å². The van der Waals surface area contributed by atoms with Crippen molar-refractivity contribution >= 4 is 28.8 Å². The van der Waals surface area contributed by atoms with Crippen LogP contribution in [0.25, 0.3) is 0 Å². The Hall–Kier alpha value is -1.43. The van der Waals surface area contributed by atoms with Crippen molar-refractivity contribution in [2.75, 3.05) is 22.6 Å². The van der Waals surface area contributed by atoms with Crippen molar-refractivity contribution in [2.45, 2.75) is 19.9 Å². The smallest absolute Gasteiger partial charge is 0.271 e. The predicted octanol–water partition coefficient (Wildman–Crippen LogP) is 2.73. The average Bonchev–Trinajstić information content (AvgIpc) is 2.28. The van der Waals surface area contributed by atoms with Crippen LogP contribution in [-0.4, -0.2) is 22.5 Å². The molecule has 0 heterocycles. The summed E-state index contributed by atoms with van der Waals surface area (Å²) < 4.78 is 0. The number of nitro groups is 1. The number of nitrogens with two attached hydrogens (primary N) is 1. The van der Waals surface area contributed by atoms with Crippen LogP contribution >= 0.6 is 11.8 Å². The third kappa shape index (κ3) is 4.14. The van der Waals surface area contributed by atoms with Gasteiger partial charge in [-0.25, -0.2) is 0 Å². The zero-order valence-electron chi connectivity index (χ0n) is 9.97. The molecule has 0 saturated carbocycles. The molecule has 1 atom stereocenters. The van der Waals surface area contributed by atoms with E-state index in [0.29, 0.717) is 5.69 Å². The first-order valence-corrected chi connectivity index (χ1v) is 6.58. The Bertz CT molecular complexity index is 398. The number of hydrogen-bond donors (Lipinski definition) is 2. The minimum Gasteiger partial charge on any atom is -0.397 e. The van der Waals surface area contributed by atoms with Crippen molar-refractivity contribution in [3.8, 4) is 0 Å². The van der Waals surface area contributed by atoms with Crippen molar-refractivity contribution < 1.29 is 4.92 Å². The van der Waals surface area contributed by atoms with Gasteiger partial charge in [-0.05, 0) is 18.7 Å². The number of anilines is 2. The van der Waals surface area contributed by atoms with Crippen molar-refractivity contribution in [3.05, 3.63) is 28.3 Å². The molecular weight excluding hydrogens is 238 g/mol. The molecule has 3 N–H and O–H groups in total. The molecule has 0 aliphatic heterocycles. The summed E-state index contributed by atoms with van der Waals surface area (Å²) >= 11 is 1.84. The fourth-order valence-corrected chi connectivity index (χ4v) is 2.07. The van der Waals surface area contributed by atoms with Gasteiger partial charge in [0.15, 0.2) is 0 Å². The van der Waals surface area contributed by atoms with Crippen molar-refractivity contribution in [1.82, 2.24) is 0 Å². The Balaban J connectivity index is 2.69. The normalized spacial score (nSPS) is 12.1. The van der Waals surface area contributed by atoms with Crippen LogP contribution in [0.4, 0.5) is 17.1 Å². The van der Waals surface area contributed by atoms with Gasteiger partial charge in [0, 0.05) is 23.9 Å². The second kappa shape index (κ2) is 6.34. The van der Waals surface area contributed by atoms with Crippen LogP contribution in [0.3, 0.4) is 0 Å². The van der Waals surface area contributed by atoms with Crippen molar-refractivity contribution in [1.29, 1.82) is 0 Å². The summed E-state index contributed by atoms with van der Waals surface area (Å²) in [4.78, 5) is 10.1. The molecule has 0 radical (unpaired) electrons. The van der Waals surface area contributed by atoms with Gasteiger partial charge < -0.3 is 11.1 Å². The highest BCUT2D eigenvalue weighted by Gasteiger charge is 2.10. The maximum atomic E-state index is 10.6. The average molecular weight is 255 g/mol. The summed E-state index contributed by atoms with van der Waals surface area (Å²) in [5.41, 5.74) is 6.94. The number of nitrogens with one attached hydrogen (secondary N) is 1. The third-order valence-electron chi connectivity index (χ3n) is 2.22. The molecule has 17 heavy (non-hydrogen) atoms. The first-order chi connectivity index (χ1) is 8.04. The minimum atomic E-state index is -0.448. The van der Waals surface area contributed by atoms with E-state index >= 15 is 0 Å². The molecule has 0 spiro atoms. The van der Waals surface area contributed by atoms with E-state index < -0.39 is 4.92 Å². The topological polar surface area (TPSA) is 81.2 Å². The van der Waals surface area contributed by atoms with Gasteiger partial charge in [0.05, 0.1) is 16.3 Å². The maximum absolute atomic E-state index is 10.6. The van der Waals surface area contributed by atoms with E-state index in [-0.39, 0.29) is 11.7 Å². The summed E-state index contributed by atoms with van der Waals surface area (Å²) in [6, 6.07) is 4.77. The van der Waals surface area contributed by atoms with Crippen LogP contribution in [0.2, 0.25) is 0 Å². The quantitative estimate of drug-likeness (QED) is 0.464. The van der Waals surface area contributed by atoms with Gasteiger partial charge in [-0.3, -0.25) is 10.1 Å². The largest absolute Gasteiger partial charge is 0.397 e. The molecule has 5 nitrogen and oxygen atoms in total. The molecule has 1 aromatic rings. The number of rotatable bonds is 6. The Morgan fingerprint density at radius 1 is 1.59 bits per heavy atom. The molecular formula is C11H17N3O2S. The number of nitro benzene ring substituents is 1. The molecule has 0 fully saturated rings. The number of nitrogen functional groups attached to an aromatic ring is 1. The van der Waals surface area contributed by atoms with E-state index in [4.69, 9.17) is 5.73 Å². The number of hydrogen-bond acceptors (Lipinski definition) is 5. The molecule has 0 amide bonds. The van der Waals surface area contributed by atoms with E-state index in [0.717, 1.165) is 17.2 Å². The van der Waals surface area contributed by atoms with E-state index in [1.807, 2.05) is 11.8 Å². The first kappa shape index (κ1) is 13.6. The molecule has 1 unspecified atom stereocenters. The number of nitrogens with zero attached hydrogens (tertiary/aromatic N) is 1. The molecule has 1 rings (SSSR count). The van der Waals surface area contributed by atoms with Crippen LogP contribution in [0.5, 0.6) is 0 Å². The Labute approximate surface area is 105 Å². The molecule has 1 aromatic carbocycles. The van der Waals surface area contributed by atoms with Crippen LogP contribution in [0, 0.1) is 10.1 Å². The summed E-state index contributed by atoms with van der Waals surface area (Å²) in [5, 5.41) is 13.8. The molecule has 6 heteroatoms. The van der Waals surface area contributed by atoms with Gasteiger partial charge in [0.1, 0.15) is 0 Å².